The molecule has 0 bridgehead atoms. The molecule has 1 heterocycles. The third-order valence-electron chi connectivity index (χ3n) is 2.16. The minimum Gasteiger partial charge on any atom is -0.457 e. The molecular weight excluding hydrogens is 286 g/mol. The minimum atomic E-state index is -3.39. The lowest BCUT2D eigenvalue weighted by atomic mass is 10.3. The molecule has 1 aromatic heterocycles. The third-order valence-corrected chi connectivity index (χ3v) is 2.75. The molecule has 0 unspecified atom stereocenters. The van der Waals surface area contributed by atoms with E-state index in [0.29, 0.717) is 19.4 Å². The number of esters is 1. The molecule has 20 heavy (non-hydrogen) atoms. The summed E-state index contributed by atoms with van der Waals surface area (Å²) in [6, 6.07) is 0. The molecule has 9 heteroatoms. The molecule has 0 N–H and O–H groups in total. The highest BCUT2D eigenvalue weighted by molar-refractivity contribution is 7.85. The van der Waals surface area contributed by atoms with Crippen LogP contribution in [0.25, 0.3) is 0 Å². The second kappa shape index (κ2) is 7.75. The van der Waals surface area contributed by atoms with E-state index >= 15 is 0 Å². The molecule has 112 valence electrons. The number of rotatable bonds is 9. The summed E-state index contributed by atoms with van der Waals surface area (Å²) in [5, 5.41) is 7.46. The Hall–Kier alpha value is -1.74. The van der Waals surface area contributed by atoms with Crippen LogP contribution in [0.5, 0.6) is 0 Å². The summed E-state index contributed by atoms with van der Waals surface area (Å²) in [6.07, 6.45) is 5.15. The van der Waals surface area contributed by atoms with E-state index in [1.54, 1.807) is 0 Å². The van der Waals surface area contributed by atoms with E-state index in [4.69, 9.17) is 4.74 Å². The van der Waals surface area contributed by atoms with E-state index < -0.39 is 16.1 Å². The van der Waals surface area contributed by atoms with Crippen LogP contribution in [-0.4, -0.2) is 48.9 Å². The van der Waals surface area contributed by atoms with Gasteiger partial charge in [0.05, 0.1) is 19.1 Å². The molecule has 0 radical (unpaired) electrons. The number of nitrogens with zero attached hydrogens (tertiary/aromatic N) is 3. The summed E-state index contributed by atoms with van der Waals surface area (Å²) in [5.41, 5.74) is 0.124. The lowest BCUT2D eigenvalue weighted by molar-refractivity contribution is 0.0542. The Bertz CT molecular complexity index is 552. The van der Waals surface area contributed by atoms with Crippen LogP contribution in [0, 0.1) is 0 Å². The van der Waals surface area contributed by atoms with Crippen molar-refractivity contribution in [2.24, 2.45) is 0 Å². The molecule has 8 nitrogen and oxygen atoms in total. The Balaban J connectivity index is 2.30. The van der Waals surface area contributed by atoms with Gasteiger partial charge in [-0.05, 0) is 12.8 Å². The number of aromatic nitrogens is 3. The van der Waals surface area contributed by atoms with Crippen molar-refractivity contribution >= 4 is 16.1 Å². The predicted octanol–water partition coefficient (Wildman–Crippen LogP) is 0.377. The zero-order valence-corrected chi connectivity index (χ0v) is 12.0. The van der Waals surface area contributed by atoms with E-state index in [1.165, 1.54) is 17.0 Å². The topological polar surface area (TPSA) is 100 Å². The maximum atomic E-state index is 11.4. The molecule has 0 aliphatic heterocycles. The Labute approximate surface area is 117 Å². The number of hydrogen-bond donors (Lipinski definition) is 0. The van der Waals surface area contributed by atoms with Crippen LogP contribution in [0.3, 0.4) is 0 Å². The molecule has 0 spiro atoms. The highest BCUT2D eigenvalue weighted by Crippen LogP contribution is 2.00. The average Bonchev–Trinajstić information content (AvgIpc) is 2.83. The van der Waals surface area contributed by atoms with Gasteiger partial charge < -0.3 is 4.74 Å². The zero-order valence-electron chi connectivity index (χ0n) is 11.2. The van der Waals surface area contributed by atoms with Gasteiger partial charge in [0.1, 0.15) is 6.61 Å². The molecule has 0 atom stereocenters. The first-order valence-electron chi connectivity index (χ1n) is 5.95. The fourth-order valence-corrected chi connectivity index (χ4v) is 1.72. The Morgan fingerprint density at radius 3 is 2.90 bits per heavy atom. The summed E-state index contributed by atoms with van der Waals surface area (Å²) in [7, 11) is -3.39. The number of carbonyl (C=O) groups is 1. The van der Waals surface area contributed by atoms with Gasteiger partial charge in [0.25, 0.3) is 10.1 Å². The SMILES string of the molecule is C=CCOC(=O)c1cn(CCCCOS(C)(=O)=O)nn1. The van der Waals surface area contributed by atoms with Crippen LogP contribution in [0.4, 0.5) is 0 Å². The van der Waals surface area contributed by atoms with E-state index in [1.807, 2.05) is 0 Å². The van der Waals surface area contributed by atoms with Gasteiger partial charge in [-0.2, -0.15) is 8.42 Å². The van der Waals surface area contributed by atoms with Crippen LogP contribution < -0.4 is 0 Å². The van der Waals surface area contributed by atoms with Crippen LogP contribution >= 0.6 is 0 Å². The van der Waals surface area contributed by atoms with E-state index in [-0.39, 0.29) is 18.9 Å². The van der Waals surface area contributed by atoms with Crippen molar-refractivity contribution in [3.05, 3.63) is 24.5 Å². The standard InChI is InChI=1S/C11H17N3O5S/c1-3-7-18-11(15)10-9-14(13-12-10)6-4-5-8-19-20(2,16)17/h3,9H,1,4-8H2,2H3. The van der Waals surface area contributed by atoms with E-state index in [9.17, 15) is 13.2 Å². The van der Waals surface area contributed by atoms with Crippen molar-refractivity contribution in [1.82, 2.24) is 15.0 Å². The van der Waals surface area contributed by atoms with Gasteiger partial charge in [0.2, 0.25) is 0 Å². The summed E-state index contributed by atoms with van der Waals surface area (Å²) in [4.78, 5) is 11.4. The monoisotopic (exact) mass is 303 g/mol. The summed E-state index contributed by atoms with van der Waals surface area (Å²) in [6.45, 7) is 4.19. The summed E-state index contributed by atoms with van der Waals surface area (Å²) in [5.74, 6) is -0.559. The number of ether oxygens (including phenoxy) is 1. The maximum absolute atomic E-state index is 11.4. The van der Waals surface area contributed by atoms with Crippen molar-refractivity contribution in [1.29, 1.82) is 0 Å². The molecule has 0 amide bonds. The molecular formula is C11H17N3O5S. The fourth-order valence-electron chi connectivity index (χ4n) is 1.30. The summed E-state index contributed by atoms with van der Waals surface area (Å²) < 4.78 is 32.3. The van der Waals surface area contributed by atoms with E-state index in [2.05, 4.69) is 21.1 Å². The molecule has 0 saturated carbocycles. The van der Waals surface area contributed by atoms with Gasteiger partial charge in [0, 0.05) is 6.54 Å². The van der Waals surface area contributed by atoms with Crippen LogP contribution in [0.2, 0.25) is 0 Å². The Kier molecular flexibility index (Phi) is 6.32. The molecule has 1 rings (SSSR count). The number of unbranched alkanes of at least 4 members (excludes halogenated alkanes) is 1. The number of aryl methyl sites for hydroxylation is 1. The predicted molar refractivity (Wildman–Crippen MR) is 70.5 cm³/mol. The van der Waals surface area contributed by atoms with Gasteiger partial charge in [-0.15, -0.1) is 5.10 Å². The molecule has 1 aromatic rings. The van der Waals surface area contributed by atoms with E-state index in [0.717, 1.165) is 6.26 Å². The van der Waals surface area contributed by atoms with Crippen molar-refractivity contribution in [2.45, 2.75) is 19.4 Å². The van der Waals surface area contributed by atoms with Gasteiger partial charge in [-0.1, -0.05) is 17.9 Å². The number of carbonyl (C=O) groups excluding carboxylic acids is 1. The highest BCUT2D eigenvalue weighted by atomic mass is 32.2. The maximum Gasteiger partial charge on any atom is 0.360 e. The first-order chi connectivity index (χ1) is 9.42. The van der Waals surface area contributed by atoms with Crippen molar-refractivity contribution in [3.8, 4) is 0 Å². The largest absolute Gasteiger partial charge is 0.457 e. The first kappa shape index (κ1) is 16.3. The van der Waals surface area contributed by atoms with Gasteiger partial charge in [-0.3, -0.25) is 8.86 Å². The average molecular weight is 303 g/mol. The van der Waals surface area contributed by atoms with Crippen LogP contribution in [0.1, 0.15) is 23.3 Å². The van der Waals surface area contributed by atoms with Crippen molar-refractivity contribution < 1.29 is 22.1 Å². The zero-order chi connectivity index (χ0) is 15.0. The van der Waals surface area contributed by atoms with Gasteiger partial charge in [-0.25, -0.2) is 4.79 Å². The summed E-state index contributed by atoms with van der Waals surface area (Å²) >= 11 is 0. The van der Waals surface area contributed by atoms with Crippen molar-refractivity contribution in [3.63, 3.8) is 0 Å². The highest BCUT2D eigenvalue weighted by Gasteiger charge is 2.11. The minimum absolute atomic E-state index is 0.120. The lowest BCUT2D eigenvalue weighted by Crippen LogP contribution is -2.06. The van der Waals surface area contributed by atoms with Crippen LogP contribution in [-0.2, 0) is 25.6 Å². The Morgan fingerprint density at radius 1 is 1.50 bits per heavy atom. The second-order valence-electron chi connectivity index (χ2n) is 3.99. The smallest absolute Gasteiger partial charge is 0.360 e. The van der Waals surface area contributed by atoms with Gasteiger partial charge >= 0.3 is 5.97 Å². The molecule has 0 aromatic carbocycles. The first-order valence-corrected chi connectivity index (χ1v) is 7.76. The number of hydrogen-bond acceptors (Lipinski definition) is 7. The molecule has 0 saturated heterocycles. The normalized spacial score (nSPS) is 11.2. The lowest BCUT2D eigenvalue weighted by Gasteiger charge is -2.01. The molecule has 0 aliphatic carbocycles. The molecule has 0 aliphatic rings. The van der Waals surface area contributed by atoms with Gasteiger partial charge in [0.15, 0.2) is 5.69 Å². The van der Waals surface area contributed by atoms with Crippen LogP contribution in [0.15, 0.2) is 18.9 Å². The fraction of sp³-hybridized carbons (Fsp3) is 0.545. The van der Waals surface area contributed by atoms with Crippen molar-refractivity contribution in [2.75, 3.05) is 19.5 Å². The second-order valence-corrected chi connectivity index (χ2v) is 5.63. The quantitative estimate of drug-likeness (QED) is 0.281. The molecule has 0 fully saturated rings. The third kappa shape index (κ3) is 6.43. The Morgan fingerprint density at radius 2 is 2.25 bits per heavy atom.